The molecule has 1 heterocycles. The Hall–Kier alpha value is -1.55. The van der Waals surface area contributed by atoms with Crippen LogP contribution in [0.4, 0.5) is 0 Å². The molecule has 0 aromatic heterocycles. The van der Waals surface area contributed by atoms with E-state index in [0.29, 0.717) is 13.0 Å². The minimum absolute atomic E-state index is 0.364. The molecule has 1 atom stereocenters. The molecule has 80 valence electrons. The molecule has 0 radical (unpaired) electrons. The molecule has 0 spiro atoms. The standard InChI is InChI=1S/C11H13NO3/c12-9(11(13)14)6-7-1-2-10-8(5-7)3-4-15-10/h1-2,5,9H,3-4,6,12H2,(H,13,14). The lowest BCUT2D eigenvalue weighted by Crippen LogP contribution is -2.32. The third-order valence-electron chi connectivity index (χ3n) is 2.53. The molecule has 0 bridgehead atoms. The summed E-state index contributed by atoms with van der Waals surface area (Å²) in [6, 6.07) is 4.90. The zero-order valence-corrected chi connectivity index (χ0v) is 8.27. The summed E-state index contributed by atoms with van der Waals surface area (Å²) in [5.41, 5.74) is 7.56. The van der Waals surface area contributed by atoms with E-state index in [9.17, 15) is 4.79 Å². The topological polar surface area (TPSA) is 72.5 Å². The van der Waals surface area contributed by atoms with Crippen molar-refractivity contribution in [2.45, 2.75) is 18.9 Å². The summed E-state index contributed by atoms with van der Waals surface area (Å²) < 4.78 is 5.36. The molecule has 15 heavy (non-hydrogen) atoms. The van der Waals surface area contributed by atoms with Gasteiger partial charge in [-0.1, -0.05) is 12.1 Å². The Morgan fingerprint density at radius 3 is 3.13 bits per heavy atom. The molecule has 1 aromatic rings. The highest BCUT2D eigenvalue weighted by atomic mass is 16.5. The third-order valence-corrected chi connectivity index (χ3v) is 2.53. The molecule has 2 rings (SSSR count). The van der Waals surface area contributed by atoms with Crippen LogP contribution in [-0.4, -0.2) is 23.7 Å². The lowest BCUT2D eigenvalue weighted by Gasteiger charge is -2.07. The Morgan fingerprint density at radius 1 is 1.60 bits per heavy atom. The zero-order valence-electron chi connectivity index (χ0n) is 8.27. The first-order valence-electron chi connectivity index (χ1n) is 4.90. The fourth-order valence-corrected chi connectivity index (χ4v) is 1.71. The maximum Gasteiger partial charge on any atom is 0.320 e. The second kappa shape index (κ2) is 3.90. The van der Waals surface area contributed by atoms with Crippen LogP contribution in [0.3, 0.4) is 0 Å². The molecule has 1 aliphatic heterocycles. The summed E-state index contributed by atoms with van der Waals surface area (Å²) in [5.74, 6) is -0.0607. The van der Waals surface area contributed by atoms with Gasteiger partial charge in [0.05, 0.1) is 6.61 Å². The van der Waals surface area contributed by atoms with Crippen LogP contribution in [0.5, 0.6) is 5.75 Å². The van der Waals surface area contributed by atoms with Crippen molar-refractivity contribution in [2.24, 2.45) is 5.73 Å². The number of carboxylic acids is 1. The molecule has 0 saturated carbocycles. The van der Waals surface area contributed by atoms with Gasteiger partial charge in [-0.3, -0.25) is 4.79 Å². The van der Waals surface area contributed by atoms with E-state index in [4.69, 9.17) is 15.6 Å². The molecule has 0 saturated heterocycles. The highest BCUT2D eigenvalue weighted by molar-refractivity contribution is 5.73. The van der Waals surface area contributed by atoms with Gasteiger partial charge in [0.2, 0.25) is 0 Å². The van der Waals surface area contributed by atoms with E-state index in [1.54, 1.807) is 0 Å². The molecule has 1 unspecified atom stereocenters. The molecular formula is C11H13NO3. The quantitative estimate of drug-likeness (QED) is 0.760. The van der Waals surface area contributed by atoms with Gasteiger partial charge in [-0.05, 0) is 23.6 Å². The van der Waals surface area contributed by atoms with Gasteiger partial charge in [0, 0.05) is 6.42 Å². The van der Waals surface area contributed by atoms with Crippen molar-refractivity contribution in [1.29, 1.82) is 0 Å². The van der Waals surface area contributed by atoms with Gasteiger partial charge in [0.25, 0.3) is 0 Å². The normalized spacial score (nSPS) is 15.5. The summed E-state index contributed by atoms with van der Waals surface area (Å²) in [6.07, 6.45) is 1.26. The third kappa shape index (κ3) is 2.10. The van der Waals surface area contributed by atoms with E-state index >= 15 is 0 Å². The molecule has 0 fully saturated rings. The van der Waals surface area contributed by atoms with Crippen LogP contribution in [0, 0.1) is 0 Å². The van der Waals surface area contributed by atoms with Gasteiger partial charge in [-0.25, -0.2) is 0 Å². The van der Waals surface area contributed by atoms with Crippen LogP contribution in [0.2, 0.25) is 0 Å². The number of hydrogen-bond donors (Lipinski definition) is 2. The fourth-order valence-electron chi connectivity index (χ4n) is 1.71. The van der Waals surface area contributed by atoms with Crippen molar-refractivity contribution in [3.63, 3.8) is 0 Å². The predicted molar refractivity (Wildman–Crippen MR) is 55.0 cm³/mol. The van der Waals surface area contributed by atoms with Crippen molar-refractivity contribution in [1.82, 2.24) is 0 Å². The number of nitrogens with two attached hydrogens (primary N) is 1. The molecule has 4 heteroatoms. The van der Waals surface area contributed by atoms with Crippen molar-refractivity contribution in [2.75, 3.05) is 6.61 Å². The van der Waals surface area contributed by atoms with Crippen molar-refractivity contribution in [3.8, 4) is 5.75 Å². The number of aliphatic carboxylic acids is 1. The first kappa shape index (κ1) is 9.98. The monoisotopic (exact) mass is 207 g/mol. The molecule has 1 aromatic carbocycles. The van der Waals surface area contributed by atoms with E-state index in [1.807, 2.05) is 18.2 Å². The largest absolute Gasteiger partial charge is 0.493 e. The van der Waals surface area contributed by atoms with E-state index < -0.39 is 12.0 Å². The van der Waals surface area contributed by atoms with E-state index in [-0.39, 0.29) is 0 Å². The van der Waals surface area contributed by atoms with E-state index in [0.717, 1.165) is 23.3 Å². The Balaban J connectivity index is 2.13. The number of rotatable bonds is 3. The average Bonchev–Trinajstić information content (AvgIpc) is 2.64. The molecule has 0 amide bonds. The highest BCUT2D eigenvalue weighted by Crippen LogP contribution is 2.26. The SMILES string of the molecule is NC(Cc1ccc2c(c1)CCO2)C(=O)O. The first-order chi connectivity index (χ1) is 7.16. The maximum absolute atomic E-state index is 10.6. The van der Waals surface area contributed by atoms with Gasteiger partial charge < -0.3 is 15.6 Å². The van der Waals surface area contributed by atoms with Gasteiger partial charge in [-0.2, -0.15) is 0 Å². The van der Waals surface area contributed by atoms with Crippen LogP contribution in [0.1, 0.15) is 11.1 Å². The molecular weight excluding hydrogens is 194 g/mol. The summed E-state index contributed by atoms with van der Waals surface area (Å²) in [5, 5.41) is 8.69. The molecule has 3 N–H and O–H groups in total. The van der Waals surface area contributed by atoms with Gasteiger partial charge in [-0.15, -0.1) is 0 Å². The lowest BCUT2D eigenvalue weighted by molar-refractivity contribution is -0.138. The number of hydrogen-bond acceptors (Lipinski definition) is 3. The van der Waals surface area contributed by atoms with Crippen molar-refractivity contribution < 1.29 is 14.6 Å². The second-order valence-electron chi connectivity index (χ2n) is 3.69. The Bertz CT molecular complexity index is 389. The minimum Gasteiger partial charge on any atom is -0.493 e. The van der Waals surface area contributed by atoms with Gasteiger partial charge in [0.15, 0.2) is 0 Å². The first-order valence-corrected chi connectivity index (χ1v) is 4.90. The van der Waals surface area contributed by atoms with Crippen LogP contribution < -0.4 is 10.5 Å². The minimum atomic E-state index is -0.966. The number of carbonyl (C=O) groups is 1. The summed E-state index contributed by atoms with van der Waals surface area (Å²) in [7, 11) is 0. The van der Waals surface area contributed by atoms with Gasteiger partial charge in [0.1, 0.15) is 11.8 Å². The van der Waals surface area contributed by atoms with Crippen molar-refractivity contribution in [3.05, 3.63) is 29.3 Å². The number of ether oxygens (including phenoxy) is 1. The summed E-state index contributed by atoms with van der Waals surface area (Å²) >= 11 is 0. The smallest absolute Gasteiger partial charge is 0.320 e. The Labute approximate surface area is 87.7 Å². The number of fused-ring (bicyclic) bond motifs is 1. The van der Waals surface area contributed by atoms with Gasteiger partial charge >= 0.3 is 5.97 Å². The van der Waals surface area contributed by atoms with Crippen LogP contribution in [0.15, 0.2) is 18.2 Å². The average molecular weight is 207 g/mol. The predicted octanol–water partition coefficient (Wildman–Crippen LogP) is 0.576. The number of benzene rings is 1. The van der Waals surface area contributed by atoms with E-state index in [2.05, 4.69) is 0 Å². The van der Waals surface area contributed by atoms with Crippen molar-refractivity contribution >= 4 is 5.97 Å². The summed E-state index contributed by atoms with van der Waals surface area (Å²) in [4.78, 5) is 10.6. The van der Waals surface area contributed by atoms with E-state index in [1.165, 1.54) is 0 Å². The molecule has 1 aliphatic rings. The molecule has 4 nitrogen and oxygen atoms in total. The molecule has 0 aliphatic carbocycles. The van der Waals surface area contributed by atoms with Crippen LogP contribution in [-0.2, 0) is 17.6 Å². The number of carboxylic acid groups (broad SMARTS) is 1. The lowest BCUT2D eigenvalue weighted by atomic mass is 10.0. The summed E-state index contributed by atoms with van der Waals surface area (Å²) in [6.45, 7) is 0.712. The van der Waals surface area contributed by atoms with Crippen LogP contribution >= 0.6 is 0 Å². The Morgan fingerprint density at radius 2 is 2.40 bits per heavy atom. The van der Waals surface area contributed by atoms with Crippen LogP contribution in [0.25, 0.3) is 0 Å². The fraction of sp³-hybridized carbons (Fsp3) is 0.364. The maximum atomic E-state index is 10.6. The zero-order chi connectivity index (χ0) is 10.8. The highest BCUT2D eigenvalue weighted by Gasteiger charge is 2.15. The second-order valence-corrected chi connectivity index (χ2v) is 3.69. The Kier molecular flexibility index (Phi) is 2.60.